The lowest BCUT2D eigenvalue weighted by atomic mass is 9.69. The Hall–Kier alpha value is -1.56. The molecule has 0 spiro atoms. The summed E-state index contributed by atoms with van der Waals surface area (Å²) in [5.74, 6) is 1.60. The first-order valence-corrected chi connectivity index (χ1v) is 7.98. The summed E-state index contributed by atoms with van der Waals surface area (Å²) in [6.07, 6.45) is 7.85. The van der Waals surface area contributed by atoms with Gasteiger partial charge in [-0.15, -0.1) is 0 Å². The molecule has 1 radical (unpaired) electrons. The Labute approximate surface area is 121 Å². The van der Waals surface area contributed by atoms with Crippen LogP contribution in [0.4, 0.5) is 0 Å². The summed E-state index contributed by atoms with van der Waals surface area (Å²) in [6.45, 7) is 0. The van der Waals surface area contributed by atoms with E-state index < -0.39 is 0 Å². The number of benzene rings is 2. The molecular weight excluding hydrogens is 240 g/mol. The number of aryl methyl sites for hydroxylation is 2. The Kier molecular flexibility index (Phi) is 3.10. The molecule has 4 rings (SSSR count). The van der Waals surface area contributed by atoms with E-state index in [1.807, 2.05) is 0 Å². The van der Waals surface area contributed by atoms with Gasteiger partial charge in [-0.2, -0.15) is 0 Å². The fourth-order valence-corrected chi connectivity index (χ4v) is 4.26. The molecule has 101 valence electrons. The molecule has 0 saturated heterocycles. The molecule has 0 N–H and O–H groups in total. The third-order valence-corrected chi connectivity index (χ3v) is 5.27. The van der Waals surface area contributed by atoms with Gasteiger partial charge in [0.25, 0.3) is 0 Å². The average molecular weight is 261 g/mol. The Morgan fingerprint density at radius 2 is 1.80 bits per heavy atom. The van der Waals surface area contributed by atoms with Gasteiger partial charge in [0.2, 0.25) is 0 Å². The summed E-state index contributed by atoms with van der Waals surface area (Å²) in [5, 5.41) is 0. The van der Waals surface area contributed by atoms with Crippen molar-refractivity contribution in [2.75, 3.05) is 0 Å². The van der Waals surface area contributed by atoms with Crippen LogP contribution in [0.25, 0.3) is 0 Å². The van der Waals surface area contributed by atoms with Crippen molar-refractivity contribution < 1.29 is 0 Å². The Morgan fingerprint density at radius 1 is 0.900 bits per heavy atom. The molecule has 0 fully saturated rings. The number of fused-ring (bicyclic) bond motifs is 2. The first kappa shape index (κ1) is 12.2. The highest BCUT2D eigenvalue weighted by Gasteiger charge is 2.30. The molecule has 0 aromatic heterocycles. The Bertz CT molecular complexity index is 611. The van der Waals surface area contributed by atoms with E-state index in [1.165, 1.54) is 44.1 Å². The monoisotopic (exact) mass is 261 g/mol. The second kappa shape index (κ2) is 5.09. The zero-order valence-electron chi connectivity index (χ0n) is 11.9. The van der Waals surface area contributed by atoms with Crippen LogP contribution in [-0.4, -0.2) is 0 Å². The minimum absolute atomic E-state index is 0.768. The second-order valence-corrected chi connectivity index (χ2v) is 6.37. The molecule has 2 aliphatic rings. The highest BCUT2D eigenvalue weighted by atomic mass is 14.3. The van der Waals surface area contributed by atoms with E-state index in [2.05, 4.69) is 48.5 Å². The summed E-state index contributed by atoms with van der Waals surface area (Å²) in [6, 6.07) is 19.1. The zero-order valence-corrected chi connectivity index (χ0v) is 11.9. The van der Waals surface area contributed by atoms with Gasteiger partial charge in [-0.3, -0.25) is 0 Å². The van der Waals surface area contributed by atoms with Crippen molar-refractivity contribution >= 4 is 0 Å². The lowest BCUT2D eigenvalue weighted by molar-refractivity contribution is 0.342. The lowest BCUT2D eigenvalue weighted by Gasteiger charge is -2.35. The first-order chi connectivity index (χ1) is 9.92. The minimum atomic E-state index is 0.768. The van der Waals surface area contributed by atoms with Crippen LogP contribution in [0.15, 0.2) is 42.5 Å². The summed E-state index contributed by atoms with van der Waals surface area (Å²) in [4.78, 5) is 0. The van der Waals surface area contributed by atoms with Crippen molar-refractivity contribution in [1.29, 1.82) is 0 Å². The van der Waals surface area contributed by atoms with Gasteiger partial charge >= 0.3 is 0 Å². The summed E-state index contributed by atoms with van der Waals surface area (Å²) in [5.41, 5.74) is 6.26. The van der Waals surface area contributed by atoms with Gasteiger partial charge in [0.05, 0.1) is 0 Å². The molecular formula is C20H21. The Balaban J connectivity index is 1.64. The lowest BCUT2D eigenvalue weighted by Crippen LogP contribution is -2.24. The van der Waals surface area contributed by atoms with E-state index in [0.717, 1.165) is 11.8 Å². The summed E-state index contributed by atoms with van der Waals surface area (Å²) >= 11 is 0. The van der Waals surface area contributed by atoms with E-state index in [1.54, 1.807) is 16.7 Å². The fourth-order valence-electron chi connectivity index (χ4n) is 4.26. The SMILES string of the molecule is [c]1cccc2c1CCCC2C1CCc2ccccc2C1. The zero-order chi connectivity index (χ0) is 13.4. The molecule has 2 aromatic rings. The van der Waals surface area contributed by atoms with Crippen molar-refractivity contribution in [2.24, 2.45) is 5.92 Å². The molecule has 2 unspecified atom stereocenters. The van der Waals surface area contributed by atoms with E-state index in [9.17, 15) is 0 Å². The largest absolute Gasteiger partial charge is 0.0620 e. The van der Waals surface area contributed by atoms with Gasteiger partial charge in [0.15, 0.2) is 0 Å². The molecule has 0 amide bonds. The molecule has 0 bridgehead atoms. The quantitative estimate of drug-likeness (QED) is 0.697. The number of hydrogen-bond donors (Lipinski definition) is 0. The topological polar surface area (TPSA) is 0 Å². The molecule has 2 aliphatic carbocycles. The predicted octanol–water partition coefficient (Wildman–Crippen LogP) is 4.71. The van der Waals surface area contributed by atoms with Crippen LogP contribution < -0.4 is 0 Å². The van der Waals surface area contributed by atoms with Crippen molar-refractivity contribution in [1.82, 2.24) is 0 Å². The highest BCUT2D eigenvalue weighted by molar-refractivity contribution is 5.35. The van der Waals surface area contributed by atoms with Gasteiger partial charge < -0.3 is 0 Å². The van der Waals surface area contributed by atoms with E-state index in [0.29, 0.717) is 0 Å². The van der Waals surface area contributed by atoms with Crippen LogP contribution in [0, 0.1) is 12.0 Å². The molecule has 2 aromatic carbocycles. The van der Waals surface area contributed by atoms with Crippen LogP contribution >= 0.6 is 0 Å². The van der Waals surface area contributed by atoms with Gasteiger partial charge in [0, 0.05) is 0 Å². The molecule has 20 heavy (non-hydrogen) atoms. The van der Waals surface area contributed by atoms with E-state index in [-0.39, 0.29) is 0 Å². The maximum Gasteiger partial charge on any atom is -0.0127 e. The predicted molar refractivity (Wildman–Crippen MR) is 82.9 cm³/mol. The van der Waals surface area contributed by atoms with Crippen LogP contribution in [-0.2, 0) is 19.3 Å². The van der Waals surface area contributed by atoms with Crippen LogP contribution in [0.3, 0.4) is 0 Å². The van der Waals surface area contributed by atoms with Crippen molar-refractivity contribution in [2.45, 2.75) is 44.4 Å². The minimum Gasteiger partial charge on any atom is -0.0620 e. The van der Waals surface area contributed by atoms with Crippen LogP contribution in [0.1, 0.15) is 47.4 Å². The second-order valence-electron chi connectivity index (χ2n) is 6.37. The van der Waals surface area contributed by atoms with E-state index >= 15 is 0 Å². The van der Waals surface area contributed by atoms with Gasteiger partial charge in [-0.25, -0.2) is 0 Å². The Morgan fingerprint density at radius 3 is 2.75 bits per heavy atom. The van der Waals surface area contributed by atoms with Crippen molar-refractivity contribution in [3.8, 4) is 0 Å². The van der Waals surface area contributed by atoms with Crippen molar-refractivity contribution in [3.05, 3.63) is 70.8 Å². The third kappa shape index (κ3) is 2.08. The third-order valence-electron chi connectivity index (χ3n) is 5.27. The van der Waals surface area contributed by atoms with Gasteiger partial charge in [-0.1, -0.05) is 42.5 Å². The van der Waals surface area contributed by atoms with Gasteiger partial charge in [0.1, 0.15) is 0 Å². The first-order valence-electron chi connectivity index (χ1n) is 7.98. The highest BCUT2D eigenvalue weighted by Crippen LogP contribution is 2.42. The normalized spacial score (nSPS) is 24.8. The van der Waals surface area contributed by atoms with E-state index in [4.69, 9.17) is 0 Å². The smallest absolute Gasteiger partial charge is 0.0127 e. The summed E-state index contributed by atoms with van der Waals surface area (Å²) < 4.78 is 0. The van der Waals surface area contributed by atoms with Crippen LogP contribution in [0.5, 0.6) is 0 Å². The van der Waals surface area contributed by atoms with Crippen LogP contribution in [0.2, 0.25) is 0 Å². The molecule has 0 nitrogen and oxygen atoms in total. The number of hydrogen-bond acceptors (Lipinski definition) is 0. The number of rotatable bonds is 1. The summed E-state index contributed by atoms with van der Waals surface area (Å²) in [7, 11) is 0. The molecule has 0 heteroatoms. The molecule has 0 saturated carbocycles. The van der Waals surface area contributed by atoms with Crippen molar-refractivity contribution in [3.63, 3.8) is 0 Å². The maximum atomic E-state index is 3.48. The fraction of sp³-hybridized carbons (Fsp3) is 0.400. The van der Waals surface area contributed by atoms with Gasteiger partial charge in [-0.05, 0) is 78.7 Å². The molecule has 0 aliphatic heterocycles. The average Bonchev–Trinajstić information content (AvgIpc) is 2.54. The molecule has 2 atom stereocenters. The molecule has 0 heterocycles. The standard InChI is InChI=1S/C20H21/c1-2-8-17-14-18(13-12-15(17)6-1)20-11-5-9-16-7-3-4-10-19(16)20/h1-4,6,8,10,18,20H,5,9,11-14H2. The maximum absolute atomic E-state index is 3.48.